The summed E-state index contributed by atoms with van der Waals surface area (Å²) in [6.45, 7) is 4.77. The lowest BCUT2D eigenvalue weighted by molar-refractivity contribution is 0.208. The van der Waals surface area contributed by atoms with Crippen LogP contribution in [0.1, 0.15) is 19.8 Å². The molecule has 1 aromatic heterocycles. The van der Waals surface area contributed by atoms with Gasteiger partial charge in [-0.1, -0.05) is 0 Å². The lowest BCUT2D eigenvalue weighted by Gasteiger charge is -2.33. The van der Waals surface area contributed by atoms with E-state index in [4.69, 9.17) is 0 Å². The van der Waals surface area contributed by atoms with Crippen molar-refractivity contribution in [3.05, 3.63) is 23.7 Å². The highest BCUT2D eigenvalue weighted by molar-refractivity contribution is 7.16. The van der Waals surface area contributed by atoms with Crippen LogP contribution in [0, 0.1) is 5.92 Å². The van der Waals surface area contributed by atoms with Gasteiger partial charge in [-0.15, -0.1) is 11.3 Å². The molecule has 1 unspecified atom stereocenters. The van der Waals surface area contributed by atoms with Gasteiger partial charge in [0.05, 0.1) is 15.7 Å². The molecule has 0 amide bonds. The van der Waals surface area contributed by atoms with Crippen LogP contribution >= 0.6 is 11.3 Å². The van der Waals surface area contributed by atoms with Crippen LogP contribution in [0.25, 0.3) is 10.2 Å². The molecule has 3 rings (SSSR count). The van der Waals surface area contributed by atoms with E-state index in [0.29, 0.717) is 6.04 Å². The van der Waals surface area contributed by atoms with Crippen molar-refractivity contribution in [2.75, 3.05) is 25.5 Å². The first-order chi connectivity index (χ1) is 9.22. The van der Waals surface area contributed by atoms with E-state index < -0.39 is 0 Å². The van der Waals surface area contributed by atoms with E-state index in [1.807, 2.05) is 5.51 Å². The Hall–Kier alpha value is -1.13. The summed E-state index contributed by atoms with van der Waals surface area (Å²) in [6.07, 6.45) is 2.60. The van der Waals surface area contributed by atoms with Crippen molar-refractivity contribution < 1.29 is 0 Å². The molecular formula is C15H21N3S. The molecule has 1 atom stereocenters. The highest BCUT2D eigenvalue weighted by Gasteiger charge is 2.22. The van der Waals surface area contributed by atoms with Crippen molar-refractivity contribution in [3.8, 4) is 0 Å². The summed E-state index contributed by atoms with van der Waals surface area (Å²) in [4.78, 5) is 6.75. The number of rotatable bonds is 3. The molecule has 0 spiro atoms. The van der Waals surface area contributed by atoms with Crippen LogP contribution in [0.2, 0.25) is 0 Å². The highest BCUT2D eigenvalue weighted by Crippen LogP contribution is 2.25. The minimum atomic E-state index is 0.541. The molecular weight excluding hydrogens is 254 g/mol. The summed E-state index contributed by atoms with van der Waals surface area (Å²) in [7, 11) is 2.21. The number of anilines is 1. The van der Waals surface area contributed by atoms with E-state index in [9.17, 15) is 0 Å². The molecule has 1 aliphatic heterocycles. The second-order valence-electron chi connectivity index (χ2n) is 5.61. The molecule has 0 radical (unpaired) electrons. The lowest BCUT2D eigenvalue weighted by atomic mass is 9.90. The third kappa shape index (κ3) is 2.90. The van der Waals surface area contributed by atoms with Crippen LogP contribution in [0.15, 0.2) is 23.7 Å². The zero-order chi connectivity index (χ0) is 13.2. The van der Waals surface area contributed by atoms with Crippen LogP contribution in [0.3, 0.4) is 0 Å². The largest absolute Gasteiger partial charge is 0.382 e. The number of hydrogen-bond acceptors (Lipinski definition) is 4. The number of aromatic nitrogens is 1. The van der Waals surface area contributed by atoms with Crippen LogP contribution in [-0.4, -0.2) is 36.1 Å². The van der Waals surface area contributed by atoms with Crippen molar-refractivity contribution in [2.45, 2.75) is 25.8 Å². The quantitative estimate of drug-likeness (QED) is 0.930. The van der Waals surface area contributed by atoms with Crippen LogP contribution in [0.5, 0.6) is 0 Å². The molecule has 2 aromatic rings. The van der Waals surface area contributed by atoms with Crippen molar-refractivity contribution in [3.63, 3.8) is 0 Å². The predicted molar refractivity (Wildman–Crippen MR) is 82.9 cm³/mol. The Bertz CT molecular complexity index is 543. The van der Waals surface area contributed by atoms with Crippen LogP contribution in [0.4, 0.5) is 5.69 Å². The van der Waals surface area contributed by atoms with Gasteiger partial charge in [0.1, 0.15) is 0 Å². The van der Waals surface area contributed by atoms with E-state index in [1.165, 1.54) is 36.3 Å². The number of nitrogens with one attached hydrogen (secondary N) is 1. The van der Waals surface area contributed by atoms with Gasteiger partial charge in [0.25, 0.3) is 0 Å². The fraction of sp³-hybridized carbons (Fsp3) is 0.533. The maximum absolute atomic E-state index is 4.32. The molecule has 1 saturated heterocycles. The van der Waals surface area contributed by atoms with Crippen molar-refractivity contribution >= 4 is 27.2 Å². The van der Waals surface area contributed by atoms with Crippen LogP contribution in [-0.2, 0) is 0 Å². The predicted octanol–water partition coefficient (Wildman–Crippen LogP) is 3.44. The molecule has 0 aliphatic carbocycles. The average Bonchev–Trinajstić information content (AvgIpc) is 2.87. The van der Waals surface area contributed by atoms with E-state index in [1.54, 1.807) is 11.3 Å². The summed E-state index contributed by atoms with van der Waals surface area (Å²) in [5.74, 6) is 0.786. The third-order valence-electron chi connectivity index (χ3n) is 4.20. The SMILES string of the molecule is CC(Nc1ccc2ncsc2c1)C1CCN(C)CC1. The number of benzene rings is 1. The molecule has 1 aliphatic rings. The van der Waals surface area contributed by atoms with E-state index in [-0.39, 0.29) is 0 Å². The lowest BCUT2D eigenvalue weighted by Crippen LogP contribution is -2.37. The monoisotopic (exact) mass is 275 g/mol. The molecule has 0 bridgehead atoms. The molecule has 2 heterocycles. The van der Waals surface area contributed by atoms with Crippen molar-refractivity contribution in [2.24, 2.45) is 5.92 Å². The van der Waals surface area contributed by atoms with Gasteiger partial charge >= 0.3 is 0 Å². The second-order valence-corrected chi connectivity index (χ2v) is 6.49. The fourth-order valence-electron chi connectivity index (χ4n) is 2.85. The van der Waals surface area contributed by atoms with E-state index in [0.717, 1.165) is 11.4 Å². The molecule has 19 heavy (non-hydrogen) atoms. The summed E-state index contributed by atoms with van der Waals surface area (Å²) in [6, 6.07) is 7.01. The van der Waals surface area contributed by atoms with E-state index >= 15 is 0 Å². The Morgan fingerprint density at radius 2 is 2.16 bits per heavy atom. The topological polar surface area (TPSA) is 28.2 Å². The smallest absolute Gasteiger partial charge is 0.0813 e. The molecule has 1 fully saturated rings. The third-order valence-corrected chi connectivity index (χ3v) is 4.99. The Balaban J connectivity index is 1.66. The molecule has 1 N–H and O–H groups in total. The minimum Gasteiger partial charge on any atom is -0.382 e. The summed E-state index contributed by atoms with van der Waals surface area (Å²) in [5, 5.41) is 3.67. The number of fused-ring (bicyclic) bond motifs is 1. The van der Waals surface area contributed by atoms with Gasteiger partial charge < -0.3 is 10.2 Å². The second kappa shape index (κ2) is 5.47. The Kier molecular flexibility index (Phi) is 3.71. The van der Waals surface area contributed by atoms with Gasteiger partial charge in [-0.05, 0) is 64.0 Å². The van der Waals surface area contributed by atoms with Gasteiger partial charge in [-0.3, -0.25) is 0 Å². The molecule has 1 aromatic carbocycles. The normalized spacial score (nSPS) is 19.7. The first-order valence-electron chi connectivity index (χ1n) is 7.01. The van der Waals surface area contributed by atoms with Gasteiger partial charge in [0, 0.05) is 11.7 Å². The highest BCUT2D eigenvalue weighted by atomic mass is 32.1. The molecule has 0 saturated carbocycles. The number of piperidine rings is 1. The molecule has 4 heteroatoms. The van der Waals surface area contributed by atoms with Gasteiger partial charge in [-0.2, -0.15) is 0 Å². The summed E-state index contributed by atoms with van der Waals surface area (Å²) < 4.78 is 1.26. The maximum atomic E-state index is 4.32. The van der Waals surface area contributed by atoms with Gasteiger partial charge in [-0.25, -0.2) is 4.98 Å². The molecule has 3 nitrogen and oxygen atoms in total. The van der Waals surface area contributed by atoms with Crippen molar-refractivity contribution in [1.82, 2.24) is 9.88 Å². The Morgan fingerprint density at radius 3 is 2.95 bits per heavy atom. The molecule has 102 valence electrons. The Morgan fingerprint density at radius 1 is 1.37 bits per heavy atom. The number of nitrogens with zero attached hydrogens (tertiary/aromatic N) is 2. The van der Waals surface area contributed by atoms with Crippen LogP contribution < -0.4 is 5.32 Å². The fourth-order valence-corrected chi connectivity index (χ4v) is 3.57. The van der Waals surface area contributed by atoms with Crippen molar-refractivity contribution in [1.29, 1.82) is 0 Å². The standard InChI is InChI=1S/C15H21N3S/c1-11(12-5-7-18(2)8-6-12)17-13-3-4-14-15(9-13)19-10-16-14/h3-4,9-12,17H,5-8H2,1-2H3. The van der Waals surface area contributed by atoms with Gasteiger partial charge in [0.15, 0.2) is 0 Å². The summed E-state index contributed by atoms with van der Waals surface area (Å²) in [5.41, 5.74) is 4.24. The number of likely N-dealkylation sites (tertiary alicyclic amines) is 1. The average molecular weight is 275 g/mol. The summed E-state index contributed by atoms with van der Waals surface area (Å²) >= 11 is 1.71. The van der Waals surface area contributed by atoms with E-state index in [2.05, 4.69) is 47.4 Å². The zero-order valence-corrected chi connectivity index (χ0v) is 12.4. The number of hydrogen-bond donors (Lipinski definition) is 1. The Labute approximate surface area is 118 Å². The maximum Gasteiger partial charge on any atom is 0.0813 e. The number of thiazole rings is 1. The first-order valence-corrected chi connectivity index (χ1v) is 7.88. The first kappa shape index (κ1) is 12.9. The van der Waals surface area contributed by atoms with Gasteiger partial charge in [0.2, 0.25) is 0 Å². The zero-order valence-electron chi connectivity index (χ0n) is 11.6. The minimum absolute atomic E-state index is 0.541.